The van der Waals surface area contributed by atoms with Gasteiger partial charge in [-0.05, 0) is 55.8 Å². The second-order valence-corrected chi connectivity index (χ2v) is 8.12. The van der Waals surface area contributed by atoms with Crippen LogP contribution >= 0.6 is 24.8 Å². The number of rotatable bonds is 8. The van der Waals surface area contributed by atoms with Gasteiger partial charge in [-0.1, -0.05) is 6.92 Å². The Morgan fingerprint density at radius 2 is 1.82 bits per heavy atom. The SMILES string of the molecule is CCCn1c(COc2ccc(OC3CCN(C(C)=N)C3)cc2)nc2cc(C(=N)N)ccc21.Cl.Cl. The van der Waals surface area contributed by atoms with E-state index in [9.17, 15) is 0 Å². The fourth-order valence-corrected chi connectivity index (χ4v) is 4.01. The fourth-order valence-electron chi connectivity index (χ4n) is 4.01. The highest BCUT2D eigenvalue weighted by molar-refractivity contribution is 5.98. The van der Waals surface area contributed by atoms with Crippen molar-refractivity contribution in [2.75, 3.05) is 13.1 Å². The van der Waals surface area contributed by atoms with Crippen LogP contribution in [0, 0.1) is 10.8 Å². The average Bonchev–Trinajstić information content (AvgIpc) is 3.38. The smallest absolute Gasteiger partial charge is 0.147 e. The van der Waals surface area contributed by atoms with E-state index in [0.717, 1.165) is 60.8 Å². The molecule has 0 radical (unpaired) electrons. The van der Waals surface area contributed by atoms with E-state index in [4.69, 9.17) is 31.0 Å². The molecule has 0 spiro atoms. The maximum Gasteiger partial charge on any atom is 0.147 e. The Hall–Kier alpha value is -2.97. The van der Waals surface area contributed by atoms with Gasteiger partial charge in [-0.15, -0.1) is 24.8 Å². The fraction of sp³-hybridized carbons (Fsp3) is 0.375. The number of hydrogen-bond acceptors (Lipinski definition) is 5. The number of ether oxygens (including phenoxy) is 2. The molecule has 184 valence electrons. The first-order valence-corrected chi connectivity index (χ1v) is 11.0. The molecule has 1 fully saturated rings. The zero-order chi connectivity index (χ0) is 22.7. The van der Waals surface area contributed by atoms with E-state index in [1.807, 2.05) is 54.3 Å². The van der Waals surface area contributed by atoms with Crippen molar-refractivity contribution in [3.05, 3.63) is 53.9 Å². The molecule has 4 N–H and O–H groups in total. The van der Waals surface area contributed by atoms with Crippen LogP contribution in [0.5, 0.6) is 11.5 Å². The Labute approximate surface area is 212 Å². The normalized spacial score (nSPS) is 14.9. The van der Waals surface area contributed by atoms with Crippen molar-refractivity contribution in [2.45, 2.75) is 45.9 Å². The highest BCUT2D eigenvalue weighted by Gasteiger charge is 2.24. The van der Waals surface area contributed by atoms with Crippen LogP contribution in [0.3, 0.4) is 0 Å². The van der Waals surface area contributed by atoms with Crippen LogP contribution < -0.4 is 15.2 Å². The lowest BCUT2D eigenvalue weighted by Gasteiger charge is -2.17. The molecule has 1 aliphatic rings. The van der Waals surface area contributed by atoms with Crippen LogP contribution in [-0.2, 0) is 13.2 Å². The standard InChI is InChI=1S/C24H30N6O2.2ClH/c1-3-11-30-22-9-4-17(24(26)27)13-21(22)28-23(30)15-31-18-5-7-19(8-6-18)32-20-10-12-29(14-20)16(2)25;;/h4-9,13,20,25H,3,10-12,14-15H2,1-2H3,(H3,26,27);2*1H. The minimum atomic E-state index is 0. The summed E-state index contributed by atoms with van der Waals surface area (Å²) in [6, 6.07) is 13.3. The van der Waals surface area contributed by atoms with Gasteiger partial charge in [0.2, 0.25) is 0 Å². The molecule has 0 aliphatic carbocycles. The van der Waals surface area contributed by atoms with Crippen molar-refractivity contribution in [3.63, 3.8) is 0 Å². The lowest BCUT2D eigenvalue weighted by atomic mass is 10.2. The van der Waals surface area contributed by atoms with Gasteiger partial charge in [0, 0.05) is 25.1 Å². The number of fused-ring (bicyclic) bond motifs is 1. The summed E-state index contributed by atoms with van der Waals surface area (Å²) in [5.41, 5.74) is 8.14. The van der Waals surface area contributed by atoms with Gasteiger partial charge in [0.25, 0.3) is 0 Å². The van der Waals surface area contributed by atoms with Crippen molar-refractivity contribution in [1.82, 2.24) is 14.5 Å². The molecule has 3 aromatic rings. The monoisotopic (exact) mass is 506 g/mol. The third-order valence-corrected chi connectivity index (χ3v) is 5.70. The summed E-state index contributed by atoms with van der Waals surface area (Å²) < 4.78 is 14.2. The first-order chi connectivity index (χ1) is 15.4. The number of nitrogens with two attached hydrogens (primary N) is 1. The maximum absolute atomic E-state index is 7.74. The molecule has 0 bridgehead atoms. The number of likely N-dealkylation sites (tertiary alicyclic amines) is 1. The van der Waals surface area contributed by atoms with Crippen LogP contribution in [0.25, 0.3) is 11.0 Å². The summed E-state index contributed by atoms with van der Waals surface area (Å²) in [7, 11) is 0. The molecule has 0 amide bonds. The number of aryl methyl sites for hydroxylation is 1. The lowest BCUT2D eigenvalue weighted by molar-refractivity contribution is 0.213. The highest BCUT2D eigenvalue weighted by atomic mass is 35.5. The summed E-state index contributed by atoms with van der Waals surface area (Å²) in [6.07, 6.45) is 2.01. The molecule has 2 aromatic carbocycles. The Kier molecular flexibility index (Phi) is 9.58. The topological polar surface area (TPSA) is 113 Å². The number of aromatic nitrogens is 2. The van der Waals surface area contributed by atoms with Crippen LogP contribution in [0.15, 0.2) is 42.5 Å². The summed E-state index contributed by atoms with van der Waals surface area (Å²) >= 11 is 0. The van der Waals surface area contributed by atoms with Crippen molar-refractivity contribution in [3.8, 4) is 11.5 Å². The predicted octanol–water partition coefficient (Wildman–Crippen LogP) is 4.60. The molecule has 1 atom stereocenters. The largest absolute Gasteiger partial charge is 0.489 e. The first-order valence-electron chi connectivity index (χ1n) is 11.0. The van der Waals surface area contributed by atoms with Crippen molar-refractivity contribution < 1.29 is 9.47 Å². The maximum atomic E-state index is 7.74. The first kappa shape index (κ1) is 27.3. The summed E-state index contributed by atoms with van der Waals surface area (Å²) in [6.45, 7) is 6.76. The van der Waals surface area contributed by atoms with Gasteiger partial charge in [0.15, 0.2) is 0 Å². The number of nitrogen functional groups attached to an aromatic ring is 1. The van der Waals surface area contributed by atoms with Gasteiger partial charge in [-0.3, -0.25) is 10.8 Å². The summed E-state index contributed by atoms with van der Waals surface area (Å²) in [5, 5.41) is 15.4. The minimum absolute atomic E-state index is 0. The average molecular weight is 507 g/mol. The highest BCUT2D eigenvalue weighted by Crippen LogP contribution is 2.24. The Balaban J connectivity index is 0.00000204. The molecule has 1 aliphatic heterocycles. The van der Waals surface area contributed by atoms with E-state index in [2.05, 4.69) is 11.5 Å². The molecule has 1 saturated heterocycles. The number of imidazole rings is 1. The third-order valence-electron chi connectivity index (χ3n) is 5.70. The van der Waals surface area contributed by atoms with Crippen LogP contribution in [-0.4, -0.2) is 45.3 Å². The van der Waals surface area contributed by atoms with E-state index in [-0.39, 0.29) is 36.8 Å². The molecule has 10 heteroatoms. The Bertz CT molecular complexity index is 1130. The van der Waals surface area contributed by atoms with Gasteiger partial charge < -0.3 is 24.7 Å². The number of amidine groups is 2. The molecular weight excluding hydrogens is 475 g/mol. The van der Waals surface area contributed by atoms with E-state index < -0.39 is 0 Å². The number of nitrogens with zero attached hydrogens (tertiary/aromatic N) is 3. The van der Waals surface area contributed by atoms with Crippen molar-refractivity contribution >= 4 is 47.5 Å². The zero-order valence-corrected chi connectivity index (χ0v) is 21.0. The molecule has 1 aromatic heterocycles. The molecule has 1 unspecified atom stereocenters. The number of hydrogen-bond donors (Lipinski definition) is 3. The second kappa shape index (κ2) is 11.9. The number of benzene rings is 2. The van der Waals surface area contributed by atoms with E-state index in [1.54, 1.807) is 0 Å². The molecule has 2 heterocycles. The summed E-state index contributed by atoms with van der Waals surface area (Å²) in [4.78, 5) is 6.77. The van der Waals surface area contributed by atoms with Gasteiger partial charge in [0.1, 0.15) is 35.9 Å². The van der Waals surface area contributed by atoms with Gasteiger partial charge in [-0.2, -0.15) is 0 Å². The van der Waals surface area contributed by atoms with Gasteiger partial charge in [0.05, 0.1) is 23.4 Å². The molecule has 34 heavy (non-hydrogen) atoms. The molecular formula is C24H32Cl2N6O2. The second-order valence-electron chi connectivity index (χ2n) is 8.12. The zero-order valence-electron chi connectivity index (χ0n) is 19.4. The van der Waals surface area contributed by atoms with E-state index in [1.165, 1.54) is 0 Å². The lowest BCUT2D eigenvalue weighted by Crippen LogP contribution is -2.28. The third kappa shape index (κ3) is 6.12. The van der Waals surface area contributed by atoms with E-state index >= 15 is 0 Å². The Morgan fingerprint density at radius 3 is 2.44 bits per heavy atom. The van der Waals surface area contributed by atoms with Crippen molar-refractivity contribution in [2.24, 2.45) is 5.73 Å². The van der Waals surface area contributed by atoms with Gasteiger partial charge >= 0.3 is 0 Å². The van der Waals surface area contributed by atoms with E-state index in [0.29, 0.717) is 18.0 Å². The summed E-state index contributed by atoms with van der Waals surface area (Å²) in [5.74, 6) is 3.03. The quantitative estimate of drug-likeness (QED) is 0.305. The van der Waals surface area contributed by atoms with Crippen LogP contribution in [0.2, 0.25) is 0 Å². The molecule has 0 saturated carbocycles. The predicted molar refractivity (Wildman–Crippen MR) is 140 cm³/mol. The number of halogens is 2. The van der Waals surface area contributed by atoms with Gasteiger partial charge in [-0.25, -0.2) is 4.98 Å². The number of nitrogens with one attached hydrogen (secondary N) is 2. The van der Waals surface area contributed by atoms with Crippen molar-refractivity contribution in [1.29, 1.82) is 10.8 Å². The molecule has 4 rings (SSSR count). The van der Waals surface area contributed by atoms with Crippen LogP contribution in [0.4, 0.5) is 0 Å². The Morgan fingerprint density at radius 1 is 1.12 bits per heavy atom. The minimum Gasteiger partial charge on any atom is -0.489 e. The molecule has 8 nitrogen and oxygen atoms in total. The van der Waals surface area contributed by atoms with Crippen LogP contribution in [0.1, 0.15) is 38.1 Å².